The van der Waals surface area contributed by atoms with Crippen molar-refractivity contribution >= 4 is 27.4 Å². The highest BCUT2D eigenvalue weighted by Gasteiger charge is 2.33. The standard InChI is InChI=1S/C17H12F3NO5S/c1-11(22)16(10-12-4-2-3-5-15(12)17(18,19)20)27(25,26)14-8-6-13(7-9-14)21(23)24/h2-10H,1H3. The SMILES string of the molecule is CC(=O)C(=Cc1ccccc1C(F)(F)F)S(=O)(=O)c1ccc([N+](=O)[O-])cc1. The molecule has 0 radical (unpaired) electrons. The summed E-state index contributed by atoms with van der Waals surface area (Å²) in [7, 11) is -4.48. The second kappa shape index (κ2) is 7.31. The zero-order chi connectivity index (χ0) is 20.4. The van der Waals surface area contributed by atoms with Crippen molar-refractivity contribution in [3.63, 3.8) is 0 Å². The average Bonchev–Trinajstić information content (AvgIpc) is 2.58. The summed E-state index contributed by atoms with van der Waals surface area (Å²) in [5, 5.41) is 10.7. The lowest BCUT2D eigenvalue weighted by Crippen LogP contribution is -2.13. The molecular formula is C17H12F3NO5S. The third-order valence-electron chi connectivity index (χ3n) is 3.55. The first-order chi connectivity index (χ1) is 12.4. The Morgan fingerprint density at radius 2 is 1.63 bits per heavy atom. The highest BCUT2D eigenvalue weighted by Crippen LogP contribution is 2.34. The van der Waals surface area contributed by atoms with E-state index < -0.39 is 47.6 Å². The van der Waals surface area contributed by atoms with E-state index in [-0.39, 0.29) is 5.69 Å². The molecule has 0 atom stereocenters. The second-order valence-electron chi connectivity index (χ2n) is 5.40. The molecule has 6 nitrogen and oxygen atoms in total. The van der Waals surface area contributed by atoms with E-state index >= 15 is 0 Å². The monoisotopic (exact) mass is 399 g/mol. The van der Waals surface area contributed by atoms with Crippen molar-refractivity contribution in [2.75, 3.05) is 0 Å². The zero-order valence-corrected chi connectivity index (χ0v) is 14.5. The average molecular weight is 399 g/mol. The van der Waals surface area contributed by atoms with Crippen molar-refractivity contribution in [3.8, 4) is 0 Å². The van der Waals surface area contributed by atoms with Crippen LogP contribution in [-0.4, -0.2) is 19.1 Å². The second-order valence-corrected chi connectivity index (χ2v) is 7.32. The molecule has 0 saturated heterocycles. The number of halogens is 3. The molecule has 27 heavy (non-hydrogen) atoms. The maximum Gasteiger partial charge on any atom is 0.416 e. The number of rotatable bonds is 5. The summed E-state index contributed by atoms with van der Waals surface area (Å²) in [5.74, 6) is -0.967. The van der Waals surface area contributed by atoms with Crippen LogP contribution in [0.2, 0.25) is 0 Å². The van der Waals surface area contributed by atoms with Gasteiger partial charge >= 0.3 is 6.18 Å². The van der Waals surface area contributed by atoms with Gasteiger partial charge < -0.3 is 0 Å². The number of allylic oxidation sites excluding steroid dienone is 1. The molecule has 0 fully saturated rings. The van der Waals surface area contributed by atoms with E-state index in [0.29, 0.717) is 6.08 Å². The van der Waals surface area contributed by atoms with Crippen molar-refractivity contribution in [2.45, 2.75) is 18.0 Å². The van der Waals surface area contributed by atoms with Gasteiger partial charge in [0.2, 0.25) is 9.84 Å². The van der Waals surface area contributed by atoms with Gasteiger partial charge in [0.1, 0.15) is 4.91 Å². The predicted molar refractivity (Wildman–Crippen MR) is 90.4 cm³/mol. The number of sulfone groups is 1. The molecule has 0 saturated carbocycles. The molecule has 0 unspecified atom stereocenters. The van der Waals surface area contributed by atoms with Crippen LogP contribution in [0.15, 0.2) is 58.3 Å². The smallest absolute Gasteiger partial charge is 0.294 e. The number of ketones is 1. The fourth-order valence-electron chi connectivity index (χ4n) is 2.26. The lowest BCUT2D eigenvalue weighted by Gasteiger charge is -2.12. The molecule has 0 heterocycles. The van der Waals surface area contributed by atoms with Gasteiger partial charge in [-0.05, 0) is 36.8 Å². The molecule has 0 aromatic heterocycles. The Labute approximate surface area is 152 Å². The van der Waals surface area contributed by atoms with E-state index in [9.17, 15) is 36.5 Å². The van der Waals surface area contributed by atoms with Gasteiger partial charge in [-0.15, -0.1) is 0 Å². The van der Waals surface area contributed by atoms with E-state index in [0.717, 1.165) is 49.4 Å². The number of hydrogen-bond acceptors (Lipinski definition) is 5. The van der Waals surface area contributed by atoms with Gasteiger partial charge in [0.25, 0.3) is 5.69 Å². The van der Waals surface area contributed by atoms with Gasteiger partial charge in [-0.3, -0.25) is 14.9 Å². The number of nitro groups is 1. The molecule has 10 heteroatoms. The van der Waals surface area contributed by atoms with Crippen LogP contribution in [0.4, 0.5) is 18.9 Å². The van der Waals surface area contributed by atoms with Crippen molar-refractivity contribution in [2.24, 2.45) is 0 Å². The van der Waals surface area contributed by atoms with E-state index in [2.05, 4.69) is 0 Å². The van der Waals surface area contributed by atoms with Crippen LogP contribution in [0.1, 0.15) is 18.1 Å². The number of nitrogens with zero attached hydrogens (tertiary/aromatic N) is 1. The number of Topliss-reactive ketones (excluding diaryl/α,β-unsaturated/α-hetero) is 1. The normalized spacial score (nSPS) is 12.7. The minimum Gasteiger partial charge on any atom is -0.294 e. The van der Waals surface area contributed by atoms with Gasteiger partial charge in [-0.25, -0.2) is 8.42 Å². The van der Waals surface area contributed by atoms with E-state index in [1.54, 1.807) is 0 Å². The van der Waals surface area contributed by atoms with Crippen molar-refractivity contribution in [1.29, 1.82) is 0 Å². The van der Waals surface area contributed by atoms with Gasteiger partial charge in [0.15, 0.2) is 5.78 Å². The third-order valence-corrected chi connectivity index (χ3v) is 5.42. The Bertz CT molecular complexity index is 1030. The highest BCUT2D eigenvalue weighted by atomic mass is 32.2. The first-order valence-corrected chi connectivity index (χ1v) is 8.81. The number of carbonyl (C=O) groups excluding carboxylic acids is 1. The summed E-state index contributed by atoms with van der Waals surface area (Å²) < 4.78 is 64.7. The first-order valence-electron chi connectivity index (χ1n) is 7.33. The van der Waals surface area contributed by atoms with Crippen LogP contribution < -0.4 is 0 Å². The predicted octanol–water partition coefficient (Wildman–Crippen LogP) is 4.02. The van der Waals surface area contributed by atoms with Crippen LogP contribution in [0.3, 0.4) is 0 Å². The molecule has 142 valence electrons. The quantitative estimate of drug-likeness (QED) is 0.430. The van der Waals surface area contributed by atoms with E-state index in [4.69, 9.17) is 0 Å². The summed E-state index contributed by atoms with van der Waals surface area (Å²) in [6.07, 6.45) is -4.09. The maximum absolute atomic E-state index is 13.1. The van der Waals surface area contributed by atoms with Crippen LogP contribution in [0.5, 0.6) is 0 Å². The van der Waals surface area contributed by atoms with Crippen molar-refractivity contribution < 1.29 is 31.3 Å². The van der Waals surface area contributed by atoms with Gasteiger partial charge in [0.05, 0.1) is 15.4 Å². The van der Waals surface area contributed by atoms with Crippen molar-refractivity contribution in [1.82, 2.24) is 0 Å². The Hall–Kier alpha value is -3.01. The van der Waals surface area contributed by atoms with Crippen molar-refractivity contribution in [3.05, 3.63) is 74.7 Å². The van der Waals surface area contributed by atoms with Crippen LogP contribution in [0.25, 0.3) is 6.08 Å². The molecule has 0 aliphatic heterocycles. The van der Waals surface area contributed by atoms with Gasteiger partial charge in [-0.2, -0.15) is 13.2 Å². The summed E-state index contributed by atoms with van der Waals surface area (Å²) in [5.41, 5.74) is -1.95. The fraction of sp³-hybridized carbons (Fsp3) is 0.118. The summed E-state index contributed by atoms with van der Waals surface area (Å²) >= 11 is 0. The number of alkyl halides is 3. The van der Waals surface area contributed by atoms with E-state index in [1.807, 2.05) is 0 Å². The zero-order valence-electron chi connectivity index (χ0n) is 13.7. The van der Waals surface area contributed by atoms with Crippen LogP contribution in [0, 0.1) is 10.1 Å². The molecule has 0 aliphatic carbocycles. The third kappa shape index (κ3) is 4.40. The summed E-state index contributed by atoms with van der Waals surface area (Å²) in [6, 6.07) is 7.90. The molecule has 2 rings (SSSR count). The Morgan fingerprint density at radius 1 is 1.07 bits per heavy atom. The topological polar surface area (TPSA) is 94.3 Å². The summed E-state index contributed by atoms with van der Waals surface area (Å²) in [6.45, 7) is 0.908. The number of non-ortho nitro benzene ring substituents is 1. The lowest BCUT2D eigenvalue weighted by molar-refractivity contribution is -0.384. The van der Waals surface area contributed by atoms with Gasteiger partial charge in [0, 0.05) is 12.1 Å². The largest absolute Gasteiger partial charge is 0.416 e. The highest BCUT2D eigenvalue weighted by molar-refractivity contribution is 7.96. The fourth-order valence-corrected chi connectivity index (χ4v) is 3.67. The minimum atomic E-state index is -4.74. The van der Waals surface area contributed by atoms with Gasteiger partial charge in [-0.1, -0.05) is 18.2 Å². The molecular weight excluding hydrogens is 387 g/mol. The minimum absolute atomic E-state index is 0.371. The number of benzene rings is 2. The maximum atomic E-state index is 13.1. The first kappa shape index (κ1) is 20.3. The Balaban J connectivity index is 2.63. The number of hydrogen-bond donors (Lipinski definition) is 0. The Kier molecular flexibility index (Phi) is 5.50. The summed E-state index contributed by atoms with van der Waals surface area (Å²) in [4.78, 5) is 20.5. The molecule has 2 aromatic carbocycles. The lowest BCUT2D eigenvalue weighted by atomic mass is 10.1. The molecule has 2 aromatic rings. The number of nitro benzene ring substituents is 1. The molecule has 0 amide bonds. The molecule has 0 N–H and O–H groups in total. The van der Waals surface area contributed by atoms with Crippen LogP contribution in [-0.2, 0) is 20.8 Å². The molecule has 0 bridgehead atoms. The van der Waals surface area contributed by atoms with Crippen LogP contribution >= 0.6 is 0 Å². The number of carbonyl (C=O) groups is 1. The molecule has 0 aliphatic rings. The van der Waals surface area contributed by atoms with E-state index in [1.165, 1.54) is 6.07 Å². The molecule has 0 spiro atoms. The Morgan fingerprint density at radius 3 is 2.11 bits per heavy atom.